The minimum absolute atomic E-state index is 0.192. The Morgan fingerprint density at radius 2 is 1.65 bits per heavy atom. The maximum atomic E-state index is 13.4. The smallest absolute Gasteiger partial charge is 0.305 e. The van der Waals surface area contributed by atoms with E-state index in [0.29, 0.717) is 18.7 Å². The van der Waals surface area contributed by atoms with Crippen LogP contribution in [-0.4, -0.2) is 23.0 Å². The molecular formula is C30H29NO3. The van der Waals surface area contributed by atoms with Crippen LogP contribution in [0.3, 0.4) is 0 Å². The fourth-order valence-corrected chi connectivity index (χ4v) is 4.61. The molecule has 172 valence electrons. The average molecular weight is 452 g/mol. The van der Waals surface area contributed by atoms with E-state index in [1.807, 2.05) is 48.5 Å². The molecule has 0 aliphatic carbocycles. The van der Waals surface area contributed by atoms with Gasteiger partial charge in [0.25, 0.3) is 0 Å². The topological polar surface area (TPSA) is 42.7 Å². The molecule has 1 atom stereocenters. The van der Waals surface area contributed by atoms with E-state index < -0.39 is 5.41 Å². The van der Waals surface area contributed by atoms with Crippen molar-refractivity contribution in [2.45, 2.75) is 37.7 Å². The van der Waals surface area contributed by atoms with Crippen LogP contribution >= 0.6 is 0 Å². The highest BCUT2D eigenvalue weighted by Crippen LogP contribution is 2.48. The summed E-state index contributed by atoms with van der Waals surface area (Å²) in [6.45, 7) is 13.5. The summed E-state index contributed by atoms with van der Waals surface area (Å²) < 4.78 is 11.4. The molecule has 3 aromatic rings. The van der Waals surface area contributed by atoms with E-state index in [9.17, 15) is 4.79 Å². The maximum absolute atomic E-state index is 13.4. The fourth-order valence-electron chi connectivity index (χ4n) is 4.61. The molecule has 1 unspecified atom stereocenters. The number of furan rings is 1. The summed E-state index contributed by atoms with van der Waals surface area (Å²) in [6.07, 6.45) is 2.91. The first kappa shape index (κ1) is 23.4. The van der Waals surface area contributed by atoms with Crippen LogP contribution in [0.4, 0.5) is 0 Å². The van der Waals surface area contributed by atoms with E-state index in [4.69, 9.17) is 9.15 Å². The number of carbonyl (C=O) groups excluding carboxylic acids is 1. The minimum atomic E-state index is -0.448. The van der Waals surface area contributed by atoms with Gasteiger partial charge in [-0.15, -0.1) is 0 Å². The third-order valence-corrected chi connectivity index (χ3v) is 6.29. The van der Waals surface area contributed by atoms with E-state index in [-0.39, 0.29) is 17.3 Å². The van der Waals surface area contributed by atoms with Crippen molar-refractivity contribution in [2.75, 3.05) is 6.61 Å². The molecule has 2 heterocycles. The Hall–Kier alpha value is -3.81. The van der Waals surface area contributed by atoms with Gasteiger partial charge in [-0.25, -0.2) is 4.90 Å². The number of benzene rings is 2. The number of ether oxygens (including phenoxy) is 1. The zero-order valence-corrected chi connectivity index (χ0v) is 19.7. The van der Waals surface area contributed by atoms with Crippen molar-refractivity contribution in [3.05, 3.63) is 120 Å². The van der Waals surface area contributed by atoms with Crippen molar-refractivity contribution in [1.29, 1.82) is 0 Å². The lowest BCUT2D eigenvalue weighted by atomic mass is 9.64. The van der Waals surface area contributed by atoms with Gasteiger partial charge in [0.1, 0.15) is 0 Å². The Morgan fingerprint density at radius 1 is 0.971 bits per heavy atom. The molecule has 1 amide bonds. The monoisotopic (exact) mass is 451 g/mol. The predicted molar refractivity (Wildman–Crippen MR) is 134 cm³/mol. The molecule has 0 saturated carbocycles. The second-order valence-corrected chi connectivity index (χ2v) is 9.13. The van der Waals surface area contributed by atoms with Crippen molar-refractivity contribution in [1.82, 2.24) is 4.90 Å². The molecule has 4 heteroatoms. The SMILES string of the molecule is C=C(C(=C)C1(c2ccccc2)CCOC(C)(C)C1)N(C#Cc1ccccc1)C(=O)c1ccco1. The van der Waals surface area contributed by atoms with Gasteiger partial charge in [0.05, 0.1) is 17.6 Å². The maximum Gasteiger partial charge on any atom is 0.305 e. The van der Waals surface area contributed by atoms with Gasteiger partial charge < -0.3 is 9.15 Å². The zero-order valence-electron chi connectivity index (χ0n) is 19.7. The summed E-state index contributed by atoms with van der Waals surface area (Å²) in [5.41, 5.74) is 2.31. The zero-order chi connectivity index (χ0) is 24.2. The Balaban J connectivity index is 1.76. The molecule has 1 aliphatic heterocycles. The van der Waals surface area contributed by atoms with Gasteiger partial charge in [0.2, 0.25) is 0 Å². The van der Waals surface area contributed by atoms with Crippen LogP contribution in [0.15, 0.2) is 108 Å². The van der Waals surface area contributed by atoms with Gasteiger partial charge >= 0.3 is 5.91 Å². The van der Waals surface area contributed by atoms with Gasteiger partial charge in [-0.05, 0) is 68.0 Å². The molecule has 4 nitrogen and oxygen atoms in total. The van der Waals surface area contributed by atoms with Gasteiger partial charge in [-0.1, -0.05) is 61.7 Å². The molecular weight excluding hydrogens is 422 g/mol. The number of rotatable bonds is 5. The summed E-state index contributed by atoms with van der Waals surface area (Å²) >= 11 is 0. The lowest BCUT2D eigenvalue weighted by molar-refractivity contribution is -0.0750. The number of amides is 1. The first-order chi connectivity index (χ1) is 16.3. The summed E-state index contributed by atoms with van der Waals surface area (Å²) in [4.78, 5) is 14.8. The van der Waals surface area contributed by atoms with E-state index in [1.165, 1.54) is 11.2 Å². The van der Waals surface area contributed by atoms with Crippen LogP contribution < -0.4 is 0 Å². The number of carbonyl (C=O) groups is 1. The molecule has 2 aromatic carbocycles. The molecule has 1 saturated heterocycles. The van der Waals surface area contributed by atoms with Crippen molar-refractivity contribution in [2.24, 2.45) is 0 Å². The molecule has 4 rings (SSSR count). The van der Waals surface area contributed by atoms with Crippen molar-refractivity contribution in [3.63, 3.8) is 0 Å². The van der Waals surface area contributed by atoms with Crippen molar-refractivity contribution < 1.29 is 13.9 Å². The molecule has 1 aromatic heterocycles. The third kappa shape index (κ3) is 4.76. The number of allylic oxidation sites excluding steroid dienone is 1. The summed E-state index contributed by atoms with van der Waals surface area (Å²) in [7, 11) is 0. The highest BCUT2D eigenvalue weighted by Gasteiger charge is 2.45. The molecule has 0 spiro atoms. The fraction of sp³-hybridized carbons (Fsp3) is 0.233. The lowest BCUT2D eigenvalue weighted by Crippen LogP contribution is -2.46. The summed E-state index contributed by atoms with van der Waals surface area (Å²) in [5.74, 6) is 2.89. The highest BCUT2D eigenvalue weighted by molar-refractivity contribution is 5.94. The Kier molecular flexibility index (Phi) is 6.58. The predicted octanol–water partition coefficient (Wildman–Crippen LogP) is 6.33. The molecule has 34 heavy (non-hydrogen) atoms. The molecule has 1 fully saturated rings. The van der Waals surface area contributed by atoms with Crippen LogP contribution in [0.25, 0.3) is 0 Å². The standard InChI is InChI=1S/C30H29NO3/c1-23(30(26-14-9-6-10-15-26)18-21-34-29(3,4)22-30)24(2)31(28(32)27-16-11-20-33-27)19-17-25-12-7-5-8-13-25/h5-16,20H,1-2,18,21-22H2,3-4H3. The molecule has 0 radical (unpaired) electrons. The second kappa shape index (κ2) is 9.59. The summed E-state index contributed by atoms with van der Waals surface area (Å²) in [6, 6.07) is 26.1. The Bertz CT molecular complexity index is 1230. The van der Waals surface area contributed by atoms with Gasteiger partial charge in [-0.2, -0.15) is 0 Å². The van der Waals surface area contributed by atoms with E-state index >= 15 is 0 Å². The second-order valence-electron chi connectivity index (χ2n) is 9.13. The number of nitrogens with zero attached hydrogens (tertiary/aromatic N) is 1. The van der Waals surface area contributed by atoms with E-state index in [0.717, 1.165) is 23.1 Å². The third-order valence-electron chi connectivity index (χ3n) is 6.29. The summed E-state index contributed by atoms with van der Waals surface area (Å²) in [5, 5.41) is 0. The van der Waals surface area contributed by atoms with Crippen LogP contribution in [-0.2, 0) is 10.2 Å². The minimum Gasteiger partial charge on any atom is -0.459 e. The molecule has 0 N–H and O–H groups in total. The van der Waals surface area contributed by atoms with E-state index in [1.54, 1.807) is 12.1 Å². The Labute approximate surface area is 201 Å². The molecule has 1 aliphatic rings. The first-order valence-electron chi connectivity index (χ1n) is 11.4. The van der Waals surface area contributed by atoms with Crippen LogP contribution in [0.2, 0.25) is 0 Å². The number of hydrogen-bond donors (Lipinski definition) is 0. The normalized spacial score (nSPS) is 18.9. The number of hydrogen-bond acceptors (Lipinski definition) is 3. The quantitative estimate of drug-likeness (QED) is 0.259. The van der Waals surface area contributed by atoms with Gasteiger partial charge in [-0.3, -0.25) is 4.79 Å². The van der Waals surface area contributed by atoms with Crippen LogP contribution in [0.1, 0.15) is 48.4 Å². The highest BCUT2D eigenvalue weighted by atomic mass is 16.5. The van der Waals surface area contributed by atoms with Gasteiger partial charge in [0, 0.05) is 23.6 Å². The average Bonchev–Trinajstić information content (AvgIpc) is 3.39. The van der Waals surface area contributed by atoms with Crippen LogP contribution in [0, 0.1) is 12.0 Å². The first-order valence-corrected chi connectivity index (χ1v) is 11.4. The lowest BCUT2D eigenvalue weighted by Gasteiger charge is -2.47. The van der Waals surface area contributed by atoms with E-state index in [2.05, 4.69) is 51.1 Å². The van der Waals surface area contributed by atoms with Gasteiger partial charge in [0.15, 0.2) is 5.76 Å². The van der Waals surface area contributed by atoms with Crippen molar-refractivity contribution >= 4 is 5.91 Å². The molecule has 0 bridgehead atoms. The largest absolute Gasteiger partial charge is 0.459 e. The van der Waals surface area contributed by atoms with Crippen molar-refractivity contribution in [3.8, 4) is 12.0 Å². The van der Waals surface area contributed by atoms with Crippen LogP contribution in [0.5, 0.6) is 0 Å². The Morgan fingerprint density at radius 3 is 2.26 bits per heavy atom.